The molecule has 6 heteroatoms. The van der Waals surface area contributed by atoms with Crippen LogP contribution in [0.2, 0.25) is 0 Å². The average Bonchev–Trinajstić information content (AvgIpc) is 2.68. The van der Waals surface area contributed by atoms with Gasteiger partial charge < -0.3 is 18.9 Å². The van der Waals surface area contributed by atoms with E-state index in [2.05, 4.69) is 13.2 Å². The summed E-state index contributed by atoms with van der Waals surface area (Å²) in [5.74, 6) is 0.333. The predicted molar refractivity (Wildman–Crippen MR) is 97.3 cm³/mol. The minimum Gasteiger partial charge on any atom is -0.489 e. The molecule has 0 bridgehead atoms. The minimum atomic E-state index is -0.487. The molecule has 0 heterocycles. The van der Waals surface area contributed by atoms with Crippen molar-refractivity contribution in [3.8, 4) is 11.5 Å². The van der Waals surface area contributed by atoms with E-state index in [9.17, 15) is 9.59 Å². The van der Waals surface area contributed by atoms with Crippen molar-refractivity contribution in [3.63, 3.8) is 0 Å². The van der Waals surface area contributed by atoms with Gasteiger partial charge in [0.1, 0.15) is 37.9 Å². The summed E-state index contributed by atoms with van der Waals surface area (Å²) in [6.45, 7) is 7.37. The molecular weight excluding hydrogens is 336 g/mol. The highest BCUT2D eigenvalue weighted by molar-refractivity contribution is 5.93. The van der Waals surface area contributed by atoms with E-state index in [0.29, 0.717) is 11.5 Å². The van der Waals surface area contributed by atoms with Gasteiger partial charge in [0.25, 0.3) is 0 Å². The maximum absolute atomic E-state index is 11.0. The molecule has 0 unspecified atom stereocenters. The number of hydrogen-bond donors (Lipinski definition) is 0. The Labute approximate surface area is 151 Å². The van der Waals surface area contributed by atoms with Crippen LogP contribution in [0, 0.1) is 0 Å². The van der Waals surface area contributed by atoms with Gasteiger partial charge in [0.2, 0.25) is 0 Å². The molecule has 0 saturated carbocycles. The number of benzene rings is 2. The Morgan fingerprint density at radius 3 is 1.54 bits per heavy atom. The van der Waals surface area contributed by atoms with E-state index in [1.165, 1.54) is 0 Å². The Balaban J connectivity index is 2.00. The van der Waals surface area contributed by atoms with Crippen LogP contribution in [0.1, 0.15) is 0 Å². The van der Waals surface area contributed by atoms with Gasteiger partial charge in [-0.25, -0.2) is 9.59 Å². The number of carbonyl (C=O) groups is 2. The molecule has 0 atom stereocenters. The summed E-state index contributed by atoms with van der Waals surface area (Å²) in [7, 11) is 0. The zero-order valence-corrected chi connectivity index (χ0v) is 14.3. The van der Waals surface area contributed by atoms with Crippen molar-refractivity contribution in [1.29, 1.82) is 0 Å². The fourth-order valence-electron chi connectivity index (χ4n) is 2.20. The summed E-state index contributed by atoms with van der Waals surface area (Å²) in [5.41, 5.74) is 0. The largest absolute Gasteiger partial charge is 0.489 e. The van der Waals surface area contributed by atoms with E-state index >= 15 is 0 Å². The normalized spacial score (nSPS) is 10.0. The molecule has 0 radical (unpaired) electrons. The second-order valence-electron chi connectivity index (χ2n) is 5.05. The number of rotatable bonds is 10. The zero-order valence-electron chi connectivity index (χ0n) is 14.3. The zero-order chi connectivity index (χ0) is 18.8. The van der Waals surface area contributed by atoms with Gasteiger partial charge in [-0.15, -0.1) is 0 Å². The standard InChI is InChI=1S/C20H20O6/c1-3-19(21)25-13-11-23-17-9-10-18(16-8-6-5-7-15(16)17)24-12-14-26-20(22)4-2/h3-10H,1-2,11-14H2. The van der Waals surface area contributed by atoms with Crippen LogP contribution in [0.5, 0.6) is 11.5 Å². The van der Waals surface area contributed by atoms with Crippen molar-refractivity contribution >= 4 is 22.7 Å². The lowest BCUT2D eigenvalue weighted by Crippen LogP contribution is -2.11. The quantitative estimate of drug-likeness (QED) is 0.370. The van der Waals surface area contributed by atoms with Crippen molar-refractivity contribution in [3.05, 3.63) is 61.7 Å². The fourth-order valence-corrected chi connectivity index (χ4v) is 2.20. The van der Waals surface area contributed by atoms with Crippen LogP contribution in [0.4, 0.5) is 0 Å². The van der Waals surface area contributed by atoms with Crippen molar-refractivity contribution in [2.75, 3.05) is 26.4 Å². The molecule has 2 aromatic carbocycles. The summed E-state index contributed by atoms with van der Waals surface area (Å²) in [4.78, 5) is 22.0. The Hall–Kier alpha value is -3.28. The molecule has 0 aromatic heterocycles. The van der Waals surface area contributed by atoms with Crippen molar-refractivity contribution < 1.29 is 28.5 Å². The third-order valence-electron chi connectivity index (χ3n) is 3.35. The highest BCUT2D eigenvalue weighted by Crippen LogP contribution is 2.33. The minimum absolute atomic E-state index is 0.131. The SMILES string of the molecule is C=CC(=O)OCCOc1ccc(OCCOC(=O)C=C)c2ccccc12. The van der Waals surface area contributed by atoms with Crippen LogP contribution in [0.25, 0.3) is 10.8 Å². The van der Waals surface area contributed by atoms with E-state index in [4.69, 9.17) is 18.9 Å². The lowest BCUT2D eigenvalue weighted by atomic mass is 10.1. The molecule has 0 N–H and O–H groups in total. The fraction of sp³-hybridized carbons (Fsp3) is 0.200. The third kappa shape index (κ3) is 5.37. The number of hydrogen-bond acceptors (Lipinski definition) is 6. The predicted octanol–water partition coefficient (Wildman–Crippen LogP) is 3.06. The van der Waals surface area contributed by atoms with Gasteiger partial charge in [0.05, 0.1) is 0 Å². The molecular formula is C20H20O6. The molecule has 2 aromatic rings. The van der Waals surface area contributed by atoms with Gasteiger partial charge >= 0.3 is 11.9 Å². The van der Waals surface area contributed by atoms with E-state index in [1.807, 2.05) is 24.3 Å². The number of carbonyl (C=O) groups excluding carboxylic acids is 2. The smallest absolute Gasteiger partial charge is 0.330 e. The Bertz CT molecular complexity index is 729. The van der Waals surface area contributed by atoms with E-state index in [0.717, 1.165) is 22.9 Å². The maximum Gasteiger partial charge on any atom is 0.330 e. The molecule has 0 aliphatic carbocycles. The molecule has 6 nitrogen and oxygen atoms in total. The number of fused-ring (bicyclic) bond motifs is 1. The summed E-state index contributed by atoms with van der Waals surface area (Å²) in [5, 5.41) is 1.73. The molecule has 0 fully saturated rings. The van der Waals surface area contributed by atoms with Crippen LogP contribution in [-0.4, -0.2) is 38.4 Å². The van der Waals surface area contributed by atoms with Gasteiger partial charge in [-0.2, -0.15) is 0 Å². The maximum atomic E-state index is 11.0. The summed E-state index contributed by atoms with van der Waals surface area (Å²) >= 11 is 0. The Morgan fingerprint density at radius 1 is 0.731 bits per heavy atom. The first-order valence-corrected chi connectivity index (χ1v) is 8.01. The third-order valence-corrected chi connectivity index (χ3v) is 3.35. The van der Waals surface area contributed by atoms with Gasteiger partial charge in [0, 0.05) is 22.9 Å². The highest BCUT2D eigenvalue weighted by atomic mass is 16.6. The van der Waals surface area contributed by atoms with Crippen LogP contribution >= 0.6 is 0 Å². The second kappa shape index (κ2) is 9.88. The van der Waals surface area contributed by atoms with Gasteiger partial charge in [0.15, 0.2) is 0 Å². The molecule has 136 valence electrons. The Morgan fingerprint density at radius 2 is 1.15 bits per heavy atom. The lowest BCUT2D eigenvalue weighted by Gasteiger charge is -2.13. The van der Waals surface area contributed by atoms with Crippen molar-refractivity contribution in [2.45, 2.75) is 0 Å². The van der Waals surface area contributed by atoms with E-state index < -0.39 is 11.9 Å². The first-order chi connectivity index (χ1) is 12.7. The van der Waals surface area contributed by atoms with Crippen molar-refractivity contribution in [1.82, 2.24) is 0 Å². The van der Waals surface area contributed by atoms with E-state index in [-0.39, 0.29) is 26.4 Å². The monoisotopic (exact) mass is 356 g/mol. The highest BCUT2D eigenvalue weighted by Gasteiger charge is 2.08. The summed E-state index contributed by atoms with van der Waals surface area (Å²) in [6.07, 6.45) is 2.21. The Kier molecular flexibility index (Phi) is 7.24. The first-order valence-electron chi connectivity index (χ1n) is 8.01. The van der Waals surface area contributed by atoms with Crippen LogP contribution in [0.3, 0.4) is 0 Å². The topological polar surface area (TPSA) is 71.1 Å². The number of ether oxygens (including phenoxy) is 4. The summed E-state index contributed by atoms with van der Waals surface area (Å²) < 4.78 is 21.2. The molecule has 0 spiro atoms. The second-order valence-corrected chi connectivity index (χ2v) is 5.05. The molecule has 0 aliphatic rings. The van der Waals surface area contributed by atoms with Gasteiger partial charge in [-0.05, 0) is 12.1 Å². The van der Waals surface area contributed by atoms with Crippen LogP contribution in [0.15, 0.2) is 61.7 Å². The van der Waals surface area contributed by atoms with Crippen LogP contribution < -0.4 is 9.47 Å². The first kappa shape index (κ1) is 19.1. The summed E-state index contributed by atoms with van der Waals surface area (Å²) in [6, 6.07) is 11.2. The van der Waals surface area contributed by atoms with Gasteiger partial charge in [-0.3, -0.25) is 0 Å². The molecule has 0 saturated heterocycles. The van der Waals surface area contributed by atoms with Crippen LogP contribution in [-0.2, 0) is 19.1 Å². The lowest BCUT2D eigenvalue weighted by molar-refractivity contribution is -0.139. The average molecular weight is 356 g/mol. The molecule has 26 heavy (non-hydrogen) atoms. The molecule has 0 aliphatic heterocycles. The van der Waals surface area contributed by atoms with Crippen molar-refractivity contribution in [2.24, 2.45) is 0 Å². The van der Waals surface area contributed by atoms with Gasteiger partial charge in [-0.1, -0.05) is 37.4 Å². The molecule has 0 amide bonds. The van der Waals surface area contributed by atoms with E-state index in [1.54, 1.807) is 12.1 Å². The number of esters is 2. The molecule has 2 rings (SSSR count).